The molecular weight excluding hydrogens is 490 g/mol. The highest BCUT2D eigenvalue weighted by molar-refractivity contribution is 7.89. The number of halogens is 4. The first kappa shape index (κ1) is 26.2. The van der Waals surface area contributed by atoms with Crippen LogP contribution in [0.4, 0.5) is 17.6 Å². The normalized spacial score (nSPS) is 13.0. The van der Waals surface area contributed by atoms with Gasteiger partial charge in [0.2, 0.25) is 10.0 Å². The van der Waals surface area contributed by atoms with E-state index < -0.39 is 39.7 Å². The van der Waals surface area contributed by atoms with Crippen LogP contribution in [-0.4, -0.2) is 37.0 Å². The van der Waals surface area contributed by atoms with Crippen molar-refractivity contribution in [2.75, 3.05) is 7.05 Å². The van der Waals surface area contributed by atoms with E-state index in [0.29, 0.717) is 5.56 Å². The maximum atomic E-state index is 13.3. The van der Waals surface area contributed by atoms with E-state index in [0.717, 1.165) is 40.7 Å². The molecule has 0 aromatic heterocycles. The number of carbonyl (C=O) groups is 1. The van der Waals surface area contributed by atoms with Gasteiger partial charge >= 0.3 is 12.1 Å². The molecule has 0 amide bonds. The molecule has 0 aliphatic carbocycles. The number of aliphatic carboxylic acids is 1. The number of alkyl halides is 3. The van der Waals surface area contributed by atoms with Crippen LogP contribution >= 0.6 is 0 Å². The van der Waals surface area contributed by atoms with Crippen molar-refractivity contribution < 1.29 is 40.6 Å². The highest BCUT2D eigenvalue weighted by Crippen LogP contribution is 2.36. The van der Waals surface area contributed by atoms with E-state index >= 15 is 0 Å². The fourth-order valence-electron chi connectivity index (χ4n) is 3.24. The molecule has 3 rings (SSSR count). The summed E-state index contributed by atoms with van der Waals surface area (Å²) < 4.78 is 85.1. The van der Waals surface area contributed by atoms with Crippen LogP contribution < -0.4 is 4.74 Å². The minimum atomic E-state index is -4.60. The predicted molar refractivity (Wildman–Crippen MR) is 120 cm³/mol. The van der Waals surface area contributed by atoms with Crippen LogP contribution in [-0.2, 0) is 27.5 Å². The Labute approximate surface area is 199 Å². The summed E-state index contributed by atoms with van der Waals surface area (Å²) in [6.45, 7) is 1.11. The molecule has 186 valence electrons. The first-order valence-corrected chi connectivity index (χ1v) is 11.6. The van der Waals surface area contributed by atoms with Crippen molar-refractivity contribution in [2.24, 2.45) is 0 Å². The Hall–Kier alpha value is -3.44. The van der Waals surface area contributed by atoms with Crippen molar-refractivity contribution >= 4 is 16.0 Å². The van der Waals surface area contributed by atoms with Crippen molar-refractivity contribution in [3.8, 4) is 16.9 Å². The molecule has 1 atom stereocenters. The minimum absolute atomic E-state index is 0.0204. The quantitative estimate of drug-likeness (QED) is 0.421. The average Bonchev–Trinajstić information content (AvgIpc) is 2.79. The zero-order valence-electron chi connectivity index (χ0n) is 18.6. The number of rotatable bonds is 8. The fourth-order valence-corrected chi connectivity index (χ4v) is 4.40. The molecule has 0 saturated carbocycles. The van der Waals surface area contributed by atoms with Gasteiger partial charge in [-0.25, -0.2) is 17.6 Å². The number of benzene rings is 3. The lowest BCUT2D eigenvalue weighted by Crippen LogP contribution is -2.26. The smallest absolute Gasteiger partial charge is 0.416 e. The van der Waals surface area contributed by atoms with Gasteiger partial charge in [0.1, 0.15) is 11.6 Å². The minimum Gasteiger partial charge on any atom is -0.479 e. The molecule has 35 heavy (non-hydrogen) atoms. The zero-order valence-corrected chi connectivity index (χ0v) is 19.4. The molecule has 0 aliphatic rings. The van der Waals surface area contributed by atoms with Gasteiger partial charge in [-0.05, 0) is 66.6 Å². The Morgan fingerprint density at radius 2 is 1.71 bits per heavy atom. The summed E-state index contributed by atoms with van der Waals surface area (Å²) in [4.78, 5) is 11.1. The van der Waals surface area contributed by atoms with E-state index in [4.69, 9.17) is 4.74 Å². The van der Waals surface area contributed by atoms with E-state index in [-0.39, 0.29) is 28.3 Å². The highest BCUT2D eigenvalue weighted by atomic mass is 32.2. The van der Waals surface area contributed by atoms with Gasteiger partial charge in [-0.2, -0.15) is 17.5 Å². The van der Waals surface area contributed by atoms with Crippen LogP contribution in [0.25, 0.3) is 11.1 Å². The van der Waals surface area contributed by atoms with Crippen LogP contribution in [0.2, 0.25) is 0 Å². The third-order valence-corrected chi connectivity index (χ3v) is 6.94. The first-order valence-electron chi connectivity index (χ1n) is 10.2. The standard InChI is InChI=1S/C24H21F4NO5S/c1-15(23(30)31)34-22-11-6-16(12-21(22)17-4-3-5-18(13-17)24(26,27)28)14-29(2)35(32,33)20-9-7-19(25)8-10-20/h3-13,15H,14H2,1-2H3,(H,30,31)/t15-/m0/s1. The largest absolute Gasteiger partial charge is 0.479 e. The number of hydrogen-bond acceptors (Lipinski definition) is 4. The van der Waals surface area contributed by atoms with Crippen LogP contribution in [0.15, 0.2) is 71.6 Å². The number of carboxylic acid groups (broad SMARTS) is 1. The number of carboxylic acids is 1. The maximum Gasteiger partial charge on any atom is 0.416 e. The SMILES string of the molecule is C[C@H](Oc1ccc(CN(C)S(=O)(=O)c2ccc(F)cc2)cc1-c1cccc(C(F)(F)F)c1)C(=O)O. The number of sulfonamides is 1. The van der Waals surface area contributed by atoms with E-state index in [1.54, 1.807) is 0 Å². The summed E-state index contributed by atoms with van der Waals surface area (Å²) in [7, 11) is -2.68. The van der Waals surface area contributed by atoms with Gasteiger partial charge in [-0.1, -0.05) is 18.2 Å². The third-order valence-electron chi connectivity index (χ3n) is 5.12. The molecule has 3 aromatic rings. The van der Waals surface area contributed by atoms with Crippen molar-refractivity contribution in [1.82, 2.24) is 4.31 Å². The lowest BCUT2D eigenvalue weighted by atomic mass is 9.99. The van der Waals surface area contributed by atoms with Crippen molar-refractivity contribution in [3.63, 3.8) is 0 Å². The second-order valence-corrected chi connectivity index (χ2v) is 9.77. The highest BCUT2D eigenvalue weighted by Gasteiger charge is 2.31. The monoisotopic (exact) mass is 511 g/mol. The first-order chi connectivity index (χ1) is 16.3. The molecule has 0 saturated heterocycles. The second-order valence-electron chi connectivity index (χ2n) is 7.72. The molecule has 0 unspecified atom stereocenters. The molecule has 0 spiro atoms. The number of hydrogen-bond donors (Lipinski definition) is 1. The summed E-state index contributed by atoms with van der Waals surface area (Å²) >= 11 is 0. The van der Waals surface area contributed by atoms with Crippen molar-refractivity contribution in [2.45, 2.75) is 30.6 Å². The molecular formula is C24H21F4NO5S. The summed E-state index contributed by atoms with van der Waals surface area (Å²) in [5, 5.41) is 9.17. The molecule has 0 fully saturated rings. The summed E-state index contributed by atoms with van der Waals surface area (Å²) in [6, 6.07) is 13.0. The Morgan fingerprint density at radius 1 is 1.06 bits per heavy atom. The van der Waals surface area contributed by atoms with Gasteiger partial charge in [0.15, 0.2) is 6.10 Å². The molecule has 11 heteroatoms. The van der Waals surface area contributed by atoms with Crippen molar-refractivity contribution in [1.29, 1.82) is 0 Å². The van der Waals surface area contributed by atoms with Gasteiger partial charge in [0.05, 0.1) is 10.5 Å². The number of ether oxygens (including phenoxy) is 1. The van der Waals surface area contributed by atoms with Crippen LogP contribution in [0, 0.1) is 5.82 Å². The molecule has 1 N–H and O–H groups in total. The lowest BCUT2D eigenvalue weighted by molar-refractivity contribution is -0.144. The van der Waals surface area contributed by atoms with Crippen LogP contribution in [0.3, 0.4) is 0 Å². The molecule has 0 radical (unpaired) electrons. The predicted octanol–water partition coefficient (Wildman–Crippen LogP) is 5.18. The molecule has 0 bridgehead atoms. The maximum absolute atomic E-state index is 13.3. The van der Waals surface area contributed by atoms with E-state index in [9.17, 15) is 35.9 Å². The molecule has 6 nitrogen and oxygen atoms in total. The lowest BCUT2D eigenvalue weighted by Gasteiger charge is -2.20. The van der Waals surface area contributed by atoms with Gasteiger partial charge < -0.3 is 9.84 Å². The zero-order chi connectivity index (χ0) is 26.0. The van der Waals surface area contributed by atoms with Gasteiger partial charge in [0, 0.05) is 19.2 Å². The average molecular weight is 511 g/mol. The van der Waals surface area contributed by atoms with Gasteiger partial charge in [0.25, 0.3) is 0 Å². The topological polar surface area (TPSA) is 83.9 Å². The summed E-state index contributed by atoms with van der Waals surface area (Å²) in [5.41, 5.74) is -0.234. The van der Waals surface area contributed by atoms with E-state index in [1.165, 1.54) is 44.3 Å². The van der Waals surface area contributed by atoms with Crippen LogP contribution in [0.1, 0.15) is 18.1 Å². The Morgan fingerprint density at radius 3 is 2.31 bits per heavy atom. The van der Waals surface area contributed by atoms with Gasteiger partial charge in [-0.15, -0.1) is 0 Å². The molecule has 0 aliphatic heterocycles. The van der Waals surface area contributed by atoms with Crippen LogP contribution in [0.5, 0.6) is 5.75 Å². The van der Waals surface area contributed by atoms with E-state index in [1.807, 2.05) is 0 Å². The summed E-state index contributed by atoms with van der Waals surface area (Å²) in [6.07, 6.45) is -5.89. The third kappa shape index (κ3) is 6.17. The van der Waals surface area contributed by atoms with Gasteiger partial charge in [-0.3, -0.25) is 0 Å². The molecule has 3 aromatic carbocycles. The Kier molecular flexibility index (Phi) is 7.51. The Bertz CT molecular complexity index is 1320. The second kappa shape index (κ2) is 10.0. The fraction of sp³-hybridized carbons (Fsp3) is 0.208. The number of nitrogens with zero attached hydrogens (tertiary/aromatic N) is 1. The molecule has 0 heterocycles. The van der Waals surface area contributed by atoms with Crippen molar-refractivity contribution in [3.05, 3.63) is 83.7 Å². The van der Waals surface area contributed by atoms with E-state index in [2.05, 4.69) is 0 Å². The Balaban J connectivity index is 2.01. The summed E-state index contributed by atoms with van der Waals surface area (Å²) in [5.74, 6) is -1.84.